The van der Waals surface area contributed by atoms with E-state index in [1.807, 2.05) is 18.3 Å². The summed E-state index contributed by atoms with van der Waals surface area (Å²) in [5.41, 5.74) is 1.88. The van der Waals surface area contributed by atoms with Crippen LogP contribution in [0, 0.1) is 6.07 Å². The summed E-state index contributed by atoms with van der Waals surface area (Å²) in [6, 6.07) is 16.6. The van der Waals surface area contributed by atoms with Crippen molar-refractivity contribution in [3.63, 3.8) is 0 Å². The van der Waals surface area contributed by atoms with E-state index < -0.39 is 15.9 Å². The van der Waals surface area contributed by atoms with Crippen molar-refractivity contribution in [2.24, 2.45) is 0 Å². The molecular formula is C17H15N2O3S. The maximum Gasteiger partial charge on any atom is 0.264 e. The third-order valence-electron chi connectivity index (χ3n) is 3.50. The molecule has 0 aliphatic carbocycles. The van der Waals surface area contributed by atoms with Gasteiger partial charge in [-0.3, -0.25) is 4.79 Å². The zero-order chi connectivity index (χ0) is 16.3. The summed E-state index contributed by atoms with van der Waals surface area (Å²) in [5, 5.41) is 0.922. The van der Waals surface area contributed by atoms with Crippen molar-refractivity contribution >= 4 is 26.8 Å². The number of sulfonamides is 1. The molecule has 3 rings (SSSR count). The number of aromatic amines is 1. The SMILES string of the molecule is O=C(CCc1c[nH]c2ccc[c]c12)NS(=O)(=O)c1ccccc1. The Bertz CT molecular complexity index is 931. The molecule has 3 aromatic rings. The molecule has 0 saturated heterocycles. The summed E-state index contributed by atoms with van der Waals surface area (Å²) < 4.78 is 26.2. The second-order valence-corrected chi connectivity index (χ2v) is 6.80. The molecule has 0 aliphatic heterocycles. The predicted molar refractivity (Wildman–Crippen MR) is 87.2 cm³/mol. The Morgan fingerprint density at radius 2 is 1.91 bits per heavy atom. The normalized spacial score (nSPS) is 11.5. The summed E-state index contributed by atoms with van der Waals surface area (Å²) in [6.45, 7) is 0. The zero-order valence-corrected chi connectivity index (χ0v) is 13.1. The average Bonchev–Trinajstić information content (AvgIpc) is 2.97. The lowest BCUT2D eigenvalue weighted by atomic mass is 10.1. The largest absolute Gasteiger partial charge is 0.361 e. The first-order valence-electron chi connectivity index (χ1n) is 7.13. The standard InChI is InChI=1S/C17H15N2O3S/c20-17(19-23(21,22)14-6-2-1-3-7-14)11-10-13-12-18-16-9-5-4-8-15(13)16/h1-7,9,12,18H,10-11H2,(H,19,20). The molecule has 1 heterocycles. The molecule has 23 heavy (non-hydrogen) atoms. The Labute approximate surface area is 134 Å². The van der Waals surface area contributed by atoms with E-state index in [-0.39, 0.29) is 11.3 Å². The van der Waals surface area contributed by atoms with Crippen molar-refractivity contribution in [1.29, 1.82) is 0 Å². The lowest BCUT2D eigenvalue weighted by Gasteiger charge is -2.06. The van der Waals surface area contributed by atoms with E-state index in [0.717, 1.165) is 16.5 Å². The van der Waals surface area contributed by atoms with Crippen LogP contribution in [-0.2, 0) is 21.2 Å². The second kappa shape index (κ2) is 6.26. The minimum atomic E-state index is -3.81. The molecule has 0 aliphatic rings. The summed E-state index contributed by atoms with van der Waals surface area (Å²) in [4.78, 5) is 15.1. The fourth-order valence-corrected chi connectivity index (χ4v) is 3.40. The van der Waals surface area contributed by atoms with Gasteiger partial charge >= 0.3 is 0 Å². The molecule has 5 nitrogen and oxygen atoms in total. The highest BCUT2D eigenvalue weighted by Crippen LogP contribution is 2.18. The van der Waals surface area contributed by atoms with Gasteiger partial charge in [-0.25, -0.2) is 13.1 Å². The quantitative estimate of drug-likeness (QED) is 0.755. The minimum Gasteiger partial charge on any atom is -0.361 e. The number of rotatable bonds is 5. The predicted octanol–water partition coefficient (Wildman–Crippen LogP) is 2.41. The maximum absolute atomic E-state index is 12.1. The fourth-order valence-electron chi connectivity index (χ4n) is 2.36. The number of fused-ring (bicyclic) bond motifs is 1. The van der Waals surface area contributed by atoms with Crippen LogP contribution >= 0.6 is 0 Å². The number of aryl methyl sites for hydroxylation is 1. The van der Waals surface area contributed by atoms with Gasteiger partial charge in [0.1, 0.15) is 0 Å². The van der Waals surface area contributed by atoms with Crippen LogP contribution in [0.1, 0.15) is 12.0 Å². The third kappa shape index (κ3) is 3.43. The molecule has 0 saturated carbocycles. The molecule has 0 unspecified atom stereocenters. The summed E-state index contributed by atoms with van der Waals surface area (Å²) in [6.07, 6.45) is 2.35. The van der Waals surface area contributed by atoms with Crippen molar-refractivity contribution in [3.05, 3.63) is 66.4 Å². The highest BCUT2D eigenvalue weighted by Gasteiger charge is 2.17. The summed E-state index contributed by atoms with van der Waals surface area (Å²) >= 11 is 0. The number of hydrogen-bond donors (Lipinski definition) is 2. The van der Waals surface area contributed by atoms with Crippen LogP contribution in [0.4, 0.5) is 0 Å². The molecular weight excluding hydrogens is 312 g/mol. The molecule has 1 aromatic heterocycles. The van der Waals surface area contributed by atoms with E-state index in [1.165, 1.54) is 12.1 Å². The second-order valence-electron chi connectivity index (χ2n) is 5.11. The molecule has 0 fully saturated rings. The first-order valence-corrected chi connectivity index (χ1v) is 8.62. The molecule has 1 amide bonds. The molecule has 0 bridgehead atoms. The van der Waals surface area contributed by atoms with Crippen molar-refractivity contribution in [2.75, 3.05) is 0 Å². The highest BCUT2D eigenvalue weighted by atomic mass is 32.2. The van der Waals surface area contributed by atoms with Crippen molar-refractivity contribution in [3.8, 4) is 0 Å². The Balaban J connectivity index is 1.66. The fraction of sp³-hybridized carbons (Fsp3) is 0.118. The number of aromatic nitrogens is 1. The van der Waals surface area contributed by atoms with Gasteiger partial charge in [-0.15, -0.1) is 0 Å². The number of carbonyl (C=O) groups is 1. The number of carbonyl (C=O) groups excluding carboxylic acids is 1. The first-order chi connectivity index (χ1) is 11.1. The summed E-state index contributed by atoms with van der Waals surface area (Å²) in [5.74, 6) is -0.529. The molecule has 0 spiro atoms. The number of benzene rings is 2. The van der Waals surface area contributed by atoms with Crippen molar-refractivity contribution < 1.29 is 13.2 Å². The monoisotopic (exact) mass is 327 g/mol. The maximum atomic E-state index is 12.1. The van der Waals surface area contributed by atoms with Crippen LogP contribution in [0.25, 0.3) is 10.9 Å². The average molecular weight is 327 g/mol. The highest BCUT2D eigenvalue weighted by molar-refractivity contribution is 7.90. The molecule has 2 aromatic carbocycles. The Morgan fingerprint density at radius 3 is 2.70 bits per heavy atom. The van der Waals surface area contributed by atoms with Gasteiger partial charge in [0.2, 0.25) is 5.91 Å². The van der Waals surface area contributed by atoms with Gasteiger partial charge in [-0.2, -0.15) is 0 Å². The van der Waals surface area contributed by atoms with Crippen LogP contribution in [0.2, 0.25) is 0 Å². The number of H-pyrrole nitrogens is 1. The van der Waals surface area contributed by atoms with Gasteiger partial charge in [0.15, 0.2) is 0 Å². The van der Waals surface area contributed by atoms with E-state index in [2.05, 4.69) is 15.8 Å². The van der Waals surface area contributed by atoms with E-state index in [0.29, 0.717) is 6.42 Å². The van der Waals surface area contributed by atoms with E-state index in [9.17, 15) is 13.2 Å². The van der Waals surface area contributed by atoms with Crippen LogP contribution in [0.5, 0.6) is 0 Å². The third-order valence-corrected chi connectivity index (χ3v) is 4.89. The topological polar surface area (TPSA) is 79.0 Å². The van der Waals surface area contributed by atoms with Crippen molar-refractivity contribution in [1.82, 2.24) is 9.71 Å². The zero-order valence-electron chi connectivity index (χ0n) is 12.2. The van der Waals surface area contributed by atoms with Gasteiger partial charge in [0.25, 0.3) is 10.0 Å². The molecule has 2 N–H and O–H groups in total. The number of amides is 1. The molecule has 1 radical (unpaired) electrons. The Morgan fingerprint density at radius 1 is 1.13 bits per heavy atom. The van der Waals surface area contributed by atoms with Crippen LogP contribution in [0.15, 0.2) is 59.6 Å². The van der Waals surface area contributed by atoms with Crippen molar-refractivity contribution in [2.45, 2.75) is 17.7 Å². The van der Waals surface area contributed by atoms with E-state index in [4.69, 9.17) is 0 Å². The van der Waals surface area contributed by atoms with Crippen LogP contribution in [-0.4, -0.2) is 19.3 Å². The van der Waals surface area contributed by atoms with E-state index in [1.54, 1.807) is 24.3 Å². The van der Waals surface area contributed by atoms with Gasteiger partial charge in [-0.1, -0.05) is 30.3 Å². The first kappa shape index (κ1) is 15.3. The molecule has 117 valence electrons. The van der Waals surface area contributed by atoms with Crippen LogP contribution in [0.3, 0.4) is 0 Å². The van der Waals surface area contributed by atoms with Gasteiger partial charge in [0, 0.05) is 23.5 Å². The van der Waals surface area contributed by atoms with Gasteiger partial charge in [0.05, 0.1) is 4.90 Å². The van der Waals surface area contributed by atoms with Crippen LogP contribution < -0.4 is 4.72 Å². The lowest BCUT2D eigenvalue weighted by molar-refractivity contribution is -0.119. The molecule has 0 atom stereocenters. The molecule has 6 heteroatoms. The smallest absolute Gasteiger partial charge is 0.264 e. The minimum absolute atomic E-state index is 0.0776. The number of hydrogen-bond acceptors (Lipinski definition) is 3. The van der Waals surface area contributed by atoms with E-state index >= 15 is 0 Å². The summed E-state index contributed by atoms with van der Waals surface area (Å²) in [7, 11) is -3.81. The Kier molecular flexibility index (Phi) is 4.16. The Hall–Kier alpha value is -2.60. The number of nitrogens with one attached hydrogen (secondary N) is 2. The van der Waals surface area contributed by atoms with Gasteiger partial charge < -0.3 is 4.98 Å². The van der Waals surface area contributed by atoms with Gasteiger partial charge in [-0.05, 0) is 36.2 Å². The lowest BCUT2D eigenvalue weighted by Crippen LogP contribution is -2.30.